The number of amides is 2. The van der Waals surface area contributed by atoms with Gasteiger partial charge in [0.25, 0.3) is 5.56 Å². The molecule has 0 bridgehead atoms. The monoisotopic (exact) mass is 742 g/mol. The third-order valence-electron chi connectivity index (χ3n) is 11.0. The number of aromatic nitrogens is 5. The van der Waals surface area contributed by atoms with Crippen LogP contribution in [0.5, 0.6) is 0 Å². The number of aliphatic hydroxyl groups is 1. The summed E-state index contributed by atoms with van der Waals surface area (Å²) in [5.41, 5.74) is 6.13. The summed E-state index contributed by atoms with van der Waals surface area (Å²) in [5, 5.41) is 20.4. The fourth-order valence-electron chi connectivity index (χ4n) is 7.91. The highest BCUT2D eigenvalue weighted by Gasteiger charge is 2.27. The van der Waals surface area contributed by atoms with Gasteiger partial charge in [-0.3, -0.25) is 24.6 Å². The number of hydrogen-bond donors (Lipinski definition) is 4. The minimum absolute atomic E-state index is 0.203. The first-order chi connectivity index (χ1) is 26.8. The molecule has 2 amide bonds. The molecule has 2 saturated heterocycles. The Labute approximate surface area is 318 Å². The van der Waals surface area contributed by atoms with Gasteiger partial charge in [0.15, 0.2) is 11.5 Å². The van der Waals surface area contributed by atoms with Crippen molar-refractivity contribution in [2.75, 3.05) is 48.3 Å². The first-order valence-electron chi connectivity index (χ1n) is 19.1. The van der Waals surface area contributed by atoms with Gasteiger partial charge in [-0.15, -0.1) is 6.58 Å². The zero-order valence-corrected chi connectivity index (χ0v) is 30.9. The van der Waals surface area contributed by atoms with Crippen LogP contribution in [-0.2, 0) is 22.6 Å². The van der Waals surface area contributed by atoms with Crippen molar-refractivity contribution in [3.63, 3.8) is 0 Å². The van der Waals surface area contributed by atoms with Crippen LogP contribution >= 0.6 is 0 Å². The summed E-state index contributed by atoms with van der Waals surface area (Å²) in [6, 6.07) is 19.3. The number of nitrogens with one attached hydrogen (secondary N) is 3. The summed E-state index contributed by atoms with van der Waals surface area (Å²) in [6.07, 6.45) is 6.53. The van der Waals surface area contributed by atoms with Crippen molar-refractivity contribution < 1.29 is 14.7 Å². The molecule has 3 atom stereocenters. The van der Waals surface area contributed by atoms with Crippen LogP contribution in [0.25, 0.3) is 16.9 Å². The van der Waals surface area contributed by atoms with Gasteiger partial charge < -0.3 is 20.6 Å². The molecule has 4 N–H and O–H groups in total. The summed E-state index contributed by atoms with van der Waals surface area (Å²) in [6.45, 7) is 10.1. The Hall–Kier alpha value is -5.86. The van der Waals surface area contributed by atoms with Gasteiger partial charge in [0, 0.05) is 74.0 Å². The van der Waals surface area contributed by atoms with E-state index in [2.05, 4.69) is 50.3 Å². The summed E-state index contributed by atoms with van der Waals surface area (Å²) in [7, 11) is 0. The third kappa shape index (κ3) is 7.47. The van der Waals surface area contributed by atoms with E-state index in [0.29, 0.717) is 54.6 Å². The van der Waals surface area contributed by atoms with Crippen LogP contribution in [0.1, 0.15) is 61.4 Å². The molecule has 14 nitrogen and oxygen atoms in total. The lowest BCUT2D eigenvalue weighted by Crippen LogP contribution is -2.47. The summed E-state index contributed by atoms with van der Waals surface area (Å²) < 4.78 is 3.37. The zero-order chi connectivity index (χ0) is 38.1. The molecule has 5 heterocycles. The molecule has 8 rings (SSSR count). The molecule has 14 heteroatoms. The van der Waals surface area contributed by atoms with Gasteiger partial charge in [-0.2, -0.15) is 4.98 Å². The largest absolute Gasteiger partial charge is 0.387 e. The highest BCUT2D eigenvalue weighted by atomic mass is 16.3. The predicted octanol–water partition coefficient (Wildman–Crippen LogP) is 4.42. The SMILES string of the molecule is C=CCn1c(=O)c2cnc(Nc3ccc(C(O)CN4CCN(c5ccc(NC6CCC(=O)NC6=O)cc5)CC4)cc3)nc2n1-c1ccc2c(n1)C(CC)CC2. The number of piperidine rings is 1. The maximum Gasteiger partial charge on any atom is 0.278 e. The van der Waals surface area contributed by atoms with Crippen molar-refractivity contribution in [1.82, 2.24) is 34.5 Å². The van der Waals surface area contributed by atoms with Crippen molar-refractivity contribution in [3.05, 3.63) is 107 Å². The normalized spacial score (nSPS) is 19.3. The van der Waals surface area contributed by atoms with Crippen molar-refractivity contribution in [3.8, 4) is 5.82 Å². The van der Waals surface area contributed by atoms with Crippen molar-refractivity contribution >= 4 is 45.9 Å². The number of benzene rings is 2. The van der Waals surface area contributed by atoms with Crippen LogP contribution in [0.4, 0.5) is 23.0 Å². The van der Waals surface area contributed by atoms with Gasteiger partial charge in [-0.05, 0) is 79.3 Å². The van der Waals surface area contributed by atoms with Crippen molar-refractivity contribution in [1.29, 1.82) is 0 Å². The van der Waals surface area contributed by atoms with Crippen molar-refractivity contribution in [2.24, 2.45) is 0 Å². The van der Waals surface area contributed by atoms with E-state index in [9.17, 15) is 19.5 Å². The third-order valence-corrected chi connectivity index (χ3v) is 11.0. The lowest BCUT2D eigenvalue weighted by Gasteiger charge is -2.37. The van der Waals surface area contributed by atoms with E-state index >= 15 is 0 Å². The summed E-state index contributed by atoms with van der Waals surface area (Å²) in [4.78, 5) is 55.9. The number of aryl methyl sites for hydroxylation is 1. The van der Waals surface area contributed by atoms with Gasteiger partial charge >= 0.3 is 0 Å². The molecular formula is C41H46N10O4. The zero-order valence-electron chi connectivity index (χ0n) is 30.9. The Morgan fingerprint density at radius 2 is 1.71 bits per heavy atom. The maximum atomic E-state index is 13.5. The number of hydrogen-bond acceptors (Lipinski definition) is 11. The van der Waals surface area contributed by atoms with E-state index in [-0.39, 0.29) is 17.4 Å². The number of carbonyl (C=O) groups is 2. The topological polar surface area (TPSA) is 163 Å². The van der Waals surface area contributed by atoms with Gasteiger partial charge in [-0.1, -0.05) is 31.2 Å². The Morgan fingerprint density at radius 3 is 2.44 bits per heavy atom. The quantitative estimate of drug-likeness (QED) is 0.106. The van der Waals surface area contributed by atoms with Crippen molar-refractivity contribution in [2.45, 2.75) is 63.6 Å². The second-order valence-electron chi connectivity index (χ2n) is 14.5. The summed E-state index contributed by atoms with van der Waals surface area (Å²) in [5.74, 6) is 0.886. The first kappa shape index (κ1) is 36.1. The van der Waals surface area contributed by atoms with Crippen LogP contribution in [0.2, 0.25) is 0 Å². The number of allylic oxidation sites excluding steroid dienone is 1. The standard InChI is InChI=1S/C41H46N10O4/c1-3-19-50-40(55)32-24-42-41(47-38(32)51(50)35-17-9-28-6-5-26(4-2)37(28)45-35)44-30-10-7-27(8-11-30)34(52)25-48-20-22-49(23-21-48)31-14-12-29(13-15-31)43-33-16-18-36(53)46-39(33)54/h3,7-15,17,24,26,33-34,43,52H,1,4-6,16,18-23,25H2,2H3,(H,42,44,47)(H,46,53,54). The second-order valence-corrected chi connectivity index (χ2v) is 14.5. The highest BCUT2D eigenvalue weighted by molar-refractivity contribution is 6.01. The van der Waals surface area contributed by atoms with Gasteiger partial charge in [-0.25, -0.2) is 19.3 Å². The van der Waals surface area contributed by atoms with E-state index < -0.39 is 12.1 Å². The van der Waals surface area contributed by atoms with Crippen LogP contribution in [0.15, 0.2) is 84.3 Å². The van der Waals surface area contributed by atoms with E-state index in [1.165, 1.54) is 5.56 Å². The highest BCUT2D eigenvalue weighted by Crippen LogP contribution is 2.34. The number of carbonyl (C=O) groups excluding carboxylic acids is 2. The molecule has 5 aromatic rings. The average Bonchev–Trinajstić information content (AvgIpc) is 3.74. The lowest BCUT2D eigenvalue weighted by atomic mass is 10.0. The van der Waals surface area contributed by atoms with E-state index in [0.717, 1.165) is 73.8 Å². The number of piperazine rings is 1. The van der Waals surface area contributed by atoms with Gasteiger partial charge in [0.05, 0.1) is 12.6 Å². The molecule has 0 saturated carbocycles. The minimum Gasteiger partial charge on any atom is -0.387 e. The predicted molar refractivity (Wildman–Crippen MR) is 212 cm³/mol. The van der Waals surface area contributed by atoms with Gasteiger partial charge in [0.2, 0.25) is 17.8 Å². The molecule has 3 aromatic heterocycles. The van der Waals surface area contributed by atoms with Crippen LogP contribution in [-0.4, -0.2) is 84.9 Å². The molecule has 3 aliphatic rings. The Bertz CT molecular complexity index is 2280. The van der Waals surface area contributed by atoms with Crippen LogP contribution in [0.3, 0.4) is 0 Å². The van der Waals surface area contributed by atoms with Gasteiger partial charge in [0.1, 0.15) is 11.4 Å². The molecule has 0 spiro atoms. The summed E-state index contributed by atoms with van der Waals surface area (Å²) >= 11 is 0. The smallest absolute Gasteiger partial charge is 0.278 e. The number of anilines is 4. The molecule has 3 unspecified atom stereocenters. The molecule has 284 valence electrons. The Kier molecular flexibility index (Phi) is 10.2. The number of rotatable bonds is 12. The molecule has 2 aromatic carbocycles. The number of fused-ring (bicyclic) bond motifs is 2. The minimum atomic E-state index is -0.656. The van der Waals surface area contributed by atoms with E-state index in [4.69, 9.17) is 9.97 Å². The maximum absolute atomic E-state index is 13.5. The Morgan fingerprint density at radius 1 is 0.945 bits per heavy atom. The number of nitrogens with zero attached hydrogens (tertiary/aromatic N) is 7. The molecule has 1 aliphatic carbocycles. The molecule has 55 heavy (non-hydrogen) atoms. The number of imide groups is 1. The molecule has 2 aliphatic heterocycles. The molecule has 0 radical (unpaired) electrons. The Balaban J connectivity index is 0.888. The second kappa shape index (κ2) is 15.5. The molecule has 2 fully saturated rings. The fourth-order valence-corrected chi connectivity index (χ4v) is 7.91. The van der Waals surface area contributed by atoms with Crippen LogP contribution < -0.4 is 26.4 Å². The first-order valence-corrected chi connectivity index (χ1v) is 19.1. The molecular weight excluding hydrogens is 697 g/mol. The van der Waals surface area contributed by atoms with E-state index in [1.807, 2.05) is 54.6 Å². The van der Waals surface area contributed by atoms with E-state index in [1.54, 1.807) is 21.6 Å². The average molecular weight is 743 g/mol. The fraction of sp³-hybridized carbons (Fsp3) is 0.366. The number of β-amino-alcohol motifs (C(OH)–C–C–N with tert-alkyl or cyclic N) is 1. The number of pyridine rings is 1. The van der Waals surface area contributed by atoms with Crippen LogP contribution in [0, 0.1) is 0 Å². The number of aliphatic hydroxyl groups excluding tert-OH is 1. The lowest BCUT2D eigenvalue weighted by molar-refractivity contribution is -0.133.